The number of nitrogens with zero attached hydrogens (tertiary/aromatic N) is 2. The molecule has 1 aliphatic heterocycles. The van der Waals surface area contributed by atoms with Gasteiger partial charge in [0, 0.05) is 50.8 Å². The fourth-order valence-electron chi connectivity index (χ4n) is 3.51. The molecular formula is C23H28ClFN4O3. The second-order valence-electron chi connectivity index (χ2n) is 7.82. The van der Waals surface area contributed by atoms with Crippen LogP contribution in [0, 0.1) is 5.82 Å². The molecule has 172 valence electrons. The molecule has 2 aromatic carbocycles. The lowest BCUT2D eigenvalue weighted by molar-refractivity contribution is -0.122. The number of carbonyl (C=O) groups is 2. The molecule has 0 bridgehead atoms. The number of hydrogen-bond donors (Lipinski definition) is 3. The molecule has 0 saturated carbocycles. The molecule has 1 fully saturated rings. The van der Waals surface area contributed by atoms with Crippen LogP contribution in [-0.4, -0.2) is 78.6 Å². The average molecular weight is 463 g/mol. The number of rotatable bonds is 9. The third-order valence-electron chi connectivity index (χ3n) is 5.32. The van der Waals surface area contributed by atoms with Crippen molar-refractivity contribution in [2.45, 2.75) is 12.6 Å². The monoisotopic (exact) mass is 462 g/mol. The van der Waals surface area contributed by atoms with Gasteiger partial charge in [0.05, 0.1) is 18.2 Å². The molecule has 0 aromatic heterocycles. The van der Waals surface area contributed by atoms with E-state index in [1.54, 1.807) is 18.2 Å². The Morgan fingerprint density at radius 3 is 2.34 bits per heavy atom. The van der Waals surface area contributed by atoms with E-state index in [4.69, 9.17) is 11.6 Å². The van der Waals surface area contributed by atoms with Gasteiger partial charge in [0.1, 0.15) is 5.82 Å². The Kier molecular flexibility index (Phi) is 8.99. The van der Waals surface area contributed by atoms with E-state index in [-0.39, 0.29) is 18.0 Å². The van der Waals surface area contributed by atoms with Gasteiger partial charge < -0.3 is 15.7 Å². The highest BCUT2D eigenvalue weighted by atomic mass is 35.5. The number of benzene rings is 2. The Hall–Kier alpha value is -2.52. The highest BCUT2D eigenvalue weighted by molar-refractivity contribution is 6.30. The zero-order valence-corrected chi connectivity index (χ0v) is 18.5. The quantitative estimate of drug-likeness (QED) is 0.526. The van der Waals surface area contributed by atoms with Gasteiger partial charge >= 0.3 is 0 Å². The highest BCUT2D eigenvalue weighted by Crippen LogP contribution is 2.09. The topological polar surface area (TPSA) is 84.9 Å². The molecule has 2 aromatic rings. The Morgan fingerprint density at radius 2 is 1.66 bits per heavy atom. The smallest absolute Gasteiger partial charge is 0.254 e. The number of halogens is 2. The van der Waals surface area contributed by atoms with E-state index in [2.05, 4.69) is 20.4 Å². The zero-order chi connectivity index (χ0) is 22.9. The maximum atomic E-state index is 13.6. The fourth-order valence-corrected chi connectivity index (χ4v) is 3.63. The summed E-state index contributed by atoms with van der Waals surface area (Å²) in [5.41, 5.74) is 0.950. The highest BCUT2D eigenvalue weighted by Gasteiger charge is 2.21. The molecule has 3 N–H and O–H groups in total. The number of hydrogen-bond acceptors (Lipinski definition) is 5. The van der Waals surface area contributed by atoms with Crippen molar-refractivity contribution in [3.05, 3.63) is 70.5 Å². The molecule has 1 saturated heterocycles. The minimum absolute atomic E-state index is 0.0377. The van der Waals surface area contributed by atoms with E-state index in [0.717, 1.165) is 5.56 Å². The average Bonchev–Trinajstić information content (AvgIpc) is 2.79. The number of β-amino-alcohol motifs (C(OH)–C–C–N with tert-alkyl or cyclic N) is 1. The van der Waals surface area contributed by atoms with Gasteiger partial charge in [0.25, 0.3) is 5.91 Å². The summed E-state index contributed by atoms with van der Waals surface area (Å²) in [5.74, 6) is -1.17. The van der Waals surface area contributed by atoms with E-state index in [9.17, 15) is 19.1 Å². The Balaban J connectivity index is 1.31. The molecular weight excluding hydrogens is 435 g/mol. The second-order valence-corrected chi connectivity index (χ2v) is 8.26. The first kappa shape index (κ1) is 24.1. The summed E-state index contributed by atoms with van der Waals surface area (Å²) in [7, 11) is 0. The van der Waals surface area contributed by atoms with Gasteiger partial charge in [-0.1, -0.05) is 35.9 Å². The molecule has 1 heterocycles. The standard InChI is InChI=1S/C23H28ClFN4O3/c24-18-7-5-17(6-8-18)13-26-22(31)16-29-11-9-28(10-12-29)15-19(30)14-27-23(32)20-3-1-2-4-21(20)25/h1-8,19,30H,9-16H2,(H,26,31)(H,27,32). The summed E-state index contributed by atoms with van der Waals surface area (Å²) in [6.07, 6.45) is -0.764. The van der Waals surface area contributed by atoms with Crippen LogP contribution in [0.4, 0.5) is 4.39 Å². The number of aliphatic hydroxyl groups is 1. The van der Waals surface area contributed by atoms with Crippen LogP contribution >= 0.6 is 11.6 Å². The molecule has 0 radical (unpaired) electrons. The number of amides is 2. The van der Waals surface area contributed by atoms with Gasteiger partial charge in [-0.25, -0.2) is 4.39 Å². The van der Waals surface area contributed by atoms with Crippen LogP contribution in [0.3, 0.4) is 0 Å². The lowest BCUT2D eigenvalue weighted by Gasteiger charge is -2.35. The van der Waals surface area contributed by atoms with E-state index < -0.39 is 17.8 Å². The van der Waals surface area contributed by atoms with Crippen LogP contribution in [0.5, 0.6) is 0 Å². The van der Waals surface area contributed by atoms with Gasteiger partial charge in [-0.15, -0.1) is 0 Å². The van der Waals surface area contributed by atoms with Crippen molar-refractivity contribution in [1.29, 1.82) is 0 Å². The summed E-state index contributed by atoms with van der Waals surface area (Å²) in [4.78, 5) is 28.4. The van der Waals surface area contributed by atoms with E-state index in [1.165, 1.54) is 18.2 Å². The fraction of sp³-hybridized carbons (Fsp3) is 0.391. The van der Waals surface area contributed by atoms with E-state index in [1.807, 2.05) is 12.1 Å². The van der Waals surface area contributed by atoms with Gasteiger partial charge in [-0.2, -0.15) is 0 Å². The number of carbonyl (C=O) groups excluding carboxylic acids is 2. The van der Waals surface area contributed by atoms with E-state index in [0.29, 0.717) is 50.8 Å². The van der Waals surface area contributed by atoms with Crippen molar-refractivity contribution in [3.8, 4) is 0 Å². The molecule has 0 aliphatic carbocycles. The van der Waals surface area contributed by atoms with E-state index >= 15 is 0 Å². The minimum atomic E-state index is -0.764. The maximum Gasteiger partial charge on any atom is 0.254 e. The number of nitrogens with one attached hydrogen (secondary N) is 2. The molecule has 1 atom stereocenters. The van der Waals surface area contributed by atoms with Crippen molar-refractivity contribution in [1.82, 2.24) is 20.4 Å². The number of aliphatic hydroxyl groups excluding tert-OH is 1. The predicted octanol–water partition coefficient (Wildman–Crippen LogP) is 1.50. The molecule has 1 unspecified atom stereocenters. The Morgan fingerprint density at radius 1 is 1.00 bits per heavy atom. The summed E-state index contributed by atoms with van der Waals surface area (Å²) in [5, 5.41) is 16.4. The van der Waals surface area contributed by atoms with Crippen molar-refractivity contribution in [2.24, 2.45) is 0 Å². The minimum Gasteiger partial charge on any atom is -0.390 e. The molecule has 3 rings (SSSR count). The third-order valence-corrected chi connectivity index (χ3v) is 5.57. The lowest BCUT2D eigenvalue weighted by Crippen LogP contribution is -2.51. The Bertz CT molecular complexity index is 904. The molecule has 0 spiro atoms. The summed E-state index contributed by atoms with van der Waals surface area (Å²) < 4.78 is 13.6. The number of piperazine rings is 1. The van der Waals surface area contributed by atoms with Gasteiger partial charge in [0.15, 0.2) is 0 Å². The normalized spacial score (nSPS) is 15.8. The molecule has 9 heteroatoms. The van der Waals surface area contributed by atoms with Gasteiger partial charge in [-0.3, -0.25) is 19.4 Å². The summed E-state index contributed by atoms with van der Waals surface area (Å²) in [6.45, 7) is 4.06. The summed E-state index contributed by atoms with van der Waals surface area (Å²) in [6, 6.07) is 13.1. The first-order chi connectivity index (χ1) is 15.4. The molecule has 1 aliphatic rings. The van der Waals surface area contributed by atoms with Crippen molar-refractivity contribution < 1.29 is 19.1 Å². The van der Waals surface area contributed by atoms with Gasteiger partial charge in [-0.05, 0) is 29.8 Å². The SMILES string of the molecule is O=C(CN1CCN(CC(O)CNC(=O)c2ccccc2F)CC1)NCc1ccc(Cl)cc1. The molecule has 32 heavy (non-hydrogen) atoms. The zero-order valence-electron chi connectivity index (χ0n) is 17.8. The molecule has 7 nitrogen and oxygen atoms in total. The van der Waals surface area contributed by atoms with Crippen LogP contribution in [0.1, 0.15) is 15.9 Å². The second kappa shape index (κ2) is 11.9. The van der Waals surface area contributed by atoms with Crippen molar-refractivity contribution >= 4 is 23.4 Å². The summed E-state index contributed by atoms with van der Waals surface area (Å²) >= 11 is 5.86. The predicted molar refractivity (Wildman–Crippen MR) is 121 cm³/mol. The molecule has 2 amide bonds. The van der Waals surface area contributed by atoms with Crippen molar-refractivity contribution in [3.63, 3.8) is 0 Å². The Labute approximate surface area is 192 Å². The van der Waals surface area contributed by atoms with Crippen LogP contribution in [0.25, 0.3) is 0 Å². The largest absolute Gasteiger partial charge is 0.390 e. The first-order valence-electron chi connectivity index (χ1n) is 10.6. The first-order valence-corrected chi connectivity index (χ1v) is 10.9. The van der Waals surface area contributed by atoms with Gasteiger partial charge in [0.2, 0.25) is 5.91 Å². The van der Waals surface area contributed by atoms with Crippen LogP contribution in [0.15, 0.2) is 48.5 Å². The van der Waals surface area contributed by atoms with Crippen LogP contribution in [-0.2, 0) is 11.3 Å². The third kappa shape index (κ3) is 7.56. The van der Waals surface area contributed by atoms with Crippen LogP contribution < -0.4 is 10.6 Å². The van der Waals surface area contributed by atoms with Crippen molar-refractivity contribution in [2.75, 3.05) is 45.8 Å². The maximum absolute atomic E-state index is 13.6. The van der Waals surface area contributed by atoms with Crippen LogP contribution in [0.2, 0.25) is 5.02 Å². The lowest BCUT2D eigenvalue weighted by atomic mass is 10.2.